The molecule has 6 nitrogen and oxygen atoms in total. The summed E-state index contributed by atoms with van der Waals surface area (Å²) in [5.74, 6) is 0.0448. The molecule has 0 saturated carbocycles. The molecule has 170 valence electrons. The summed E-state index contributed by atoms with van der Waals surface area (Å²) in [6, 6.07) is 7.03. The molecule has 31 heavy (non-hydrogen) atoms. The lowest BCUT2D eigenvalue weighted by atomic mass is 9.92. The van der Waals surface area contributed by atoms with Gasteiger partial charge in [0.15, 0.2) is 0 Å². The number of amides is 2. The summed E-state index contributed by atoms with van der Waals surface area (Å²) in [4.78, 5) is 27.0. The maximum Gasteiger partial charge on any atom is 0.245 e. The lowest BCUT2D eigenvalue weighted by Gasteiger charge is -2.24. The first-order valence-electron chi connectivity index (χ1n) is 10.6. The fourth-order valence-electron chi connectivity index (χ4n) is 2.99. The Labute approximate surface area is 194 Å². The molecule has 1 aromatic heterocycles. The molecule has 0 spiro atoms. The highest BCUT2D eigenvalue weighted by Crippen LogP contribution is 2.29. The summed E-state index contributed by atoms with van der Waals surface area (Å²) in [6.45, 7) is 12.4. The molecule has 0 aliphatic carbocycles. The zero-order chi connectivity index (χ0) is 23.3. The third-order valence-electron chi connectivity index (χ3n) is 4.81. The maximum atomic E-state index is 12.9. The molecule has 1 aromatic carbocycles. The van der Waals surface area contributed by atoms with Gasteiger partial charge in [0.05, 0.1) is 28.0 Å². The molecule has 2 rings (SSSR count). The summed E-state index contributed by atoms with van der Waals surface area (Å²) in [6.07, 6.45) is 1.80. The predicted octanol–water partition coefficient (Wildman–Crippen LogP) is 5.70. The molecule has 8 heteroatoms. The number of halogens is 2. The van der Waals surface area contributed by atoms with E-state index < -0.39 is 0 Å². The van der Waals surface area contributed by atoms with Crippen LogP contribution in [0.15, 0.2) is 24.3 Å². The van der Waals surface area contributed by atoms with E-state index in [0.29, 0.717) is 28.1 Å². The van der Waals surface area contributed by atoms with Gasteiger partial charge in [0.1, 0.15) is 5.82 Å². The van der Waals surface area contributed by atoms with Gasteiger partial charge < -0.3 is 10.2 Å². The van der Waals surface area contributed by atoms with Gasteiger partial charge in [-0.05, 0) is 24.6 Å². The number of carbonyl (C=O) groups excluding carboxylic acids is 2. The van der Waals surface area contributed by atoms with Crippen LogP contribution >= 0.6 is 23.2 Å². The molecular formula is C23H32Cl2N4O2. The molecule has 2 amide bonds. The SMILES string of the molecule is CCCCN(CC(=O)Nc1cc(C(C)(C)C)nn1-c1ccc(Cl)c(Cl)c1)C(=O)C(C)C. The lowest BCUT2D eigenvalue weighted by molar-refractivity contribution is -0.137. The van der Waals surface area contributed by atoms with E-state index >= 15 is 0 Å². The van der Waals surface area contributed by atoms with E-state index in [4.69, 9.17) is 23.2 Å². The average molecular weight is 467 g/mol. The highest BCUT2D eigenvalue weighted by molar-refractivity contribution is 6.42. The minimum atomic E-state index is -0.272. The molecule has 0 fully saturated rings. The van der Waals surface area contributed by atoms with Crippen molar-refractivity contribution in [2.75, 3.05) is 18.4 Å². The van der Waals surface area contributed by atoms with Gasteiger partial charge in [-0.1, -0.05) is 71.2 Å². The van der Waals surface area contributed by atoms with Crippen molar-refractivity contribution in [1.82, 2.24) is 14.7 Å². The molecule has 2 aromatic rings. The molecular weight excluding hydrogens is 435 g/mol. The van der Waals surface area contributed by atoms with E-state index in [1.807, 2.05) is 40.7 Å². The summed E-state index contributed by atoms with van der Waals surface area (Å²) < 4.78 is 1.64. The third-order valence-corrected chi connectivity index (χ3v) is 5.55. The van der Waals surface area contributed by atoms with Crippen molar-refractivity contribution in [2.24, 2.45) is 5.92 Å². The van der Waals surface area contributed by atoms with E-state index in [-0.39, 0.29) is 29.7 Å². The van der Waals surface area contributed by atoms with Gasteiger partial charge in [-0.3, -0.25) is 9.59 Å². The Morgan fingerprint density at radius 2 is 1.84 bits per heavy atom. The number of nitrogens with one attached hydrogen (secondary N) is 1. The van der Waals surface area contributed by atoms with Crippen LogP contribution in [-0.4, -0.2) is 39.6 Å². The van der Waals surface area contributed by atoms with E-state index in [1.54, 1.807) is 27.8 Å². The largest absolute Gasteiger partial charge is 0.333 e. The third kappa shape index (κ3) is 6.71. The zero-order valence-electron chi connectivity index (χ0n) is 19.1. The minimum Gasteiger partial charge on any atom is -0.333 e. The summed E-state index contributed by atoms with van der Waals surface area (Å²) in [5.41, 5.74) is 1.28. The van der Waals surface area contributed by atoms with Gasteiger partial charge in [0.25, 0.3) is 0 Å². The molecule has 0 unspecified atom stereocenters. The van der Waals surface area contributed by atoms with Gasteiger partial charge in [0, 0.05) is 23.9 Å². The second kappa shape index (κ2) is 10.5. The topological polar surface area (TPSA) is 67.2 Å². The molecule has 1 heterocycles. The number of aromatic nitrogens is 2. The Morgan fingerprint density at radius 1 is 1.16 bits per heavy atom. The Kier molecular flexibility index (Phi) is 8.55. The number of nitrogens with zero attached hydrogens (tertiary/aromatic N) is 3. The minimum absolute atomic E-state index is 0.00554. The Hall–Kier alpha value is -2.05. The molecule has 0 aliphatic rings. The van der Waals surface area contributed by atoms with E-state index in [2.05, 4.69) is 17.3 Å². The first-order valence-corrected chi connectivity index (χ1v) is 11.3. The quantitative estimate of drug-likeness (QED) is 0.542. The van der Waals surface area contributed by atoms with Gasteiger partial charge in [-0.25, -0.2) is 4.68 Å². The summed E-state index contributed by atoms with van der Waals surface area (Å²) in [5, 5.41) is 8.46. The van der Waals surface area contributed by atoms with Crippen molar-refractivity contribution in [2.45, 2.75) is 59.8 Å². The number of hydrogen-bond donors (Lipinski definition) is 1. The zero-order valence-corrected chi connectivity index (χ0v) is 20.6. The van der Waals surface area contributed by atoms with Crippen LogP contribution in [0.3, 0.4) is 0 Å². The molecule has 0 bridgehead atoms. The number of carbonyl (C=O) groups is 2. The van der Waals surface area contributed by atoms with Crippen LogP contribution in [0.1, 0.15) is 60.1 Å². The number of hydrogen-bond acceptors (Lipinski definition) is 3. The molecule has 0 saturated heterocycles. The van der Waals surface area contributed by atoms with E-state index in [9.17, 15) is 9.59 Å². The maximum absolute atomic E-state index is 12.9. The van der Waals surface area contributed by atoms with Crippen LogP contribution in [0.5, 0.6) is 0 Å². The van der Waals surface area contributed by atoms with E-state index in [1.165, 1.54) is 0 Å². The van der Waals surface area contributed by atoms with Gasteiger partial charge in [-0.15, -0.1) is 0 Å². The van der Waals surface area contributed by atoms with Crippen LogP contribution in [0.4, 0.5) is 5.82 Å². The molecule has 0 atom stereocenters. The van der Waals surface area contributed by atoms with E-state index in [0.717, 1.165) is 18.5 Å². The van der Waals surface area contributed by atoms with Crippen molar-refractivity contribution in [3.8, 4) is 5.69 Å². The average Bonchev–Trinajstić information content (AvgIpc) is 3.10. The predicted molar refractivity (Wildman–Crippen MR) is 127 cm³/mol. The van der Waals surface area contributed by atoms with Crippen molar-refractivity contribution in [1.29, 1.82) is 0 Å². The van der Waals surface area contributed by atoms with Crippen LogP contribution in [0.25, 0.3) is 5.69 Å². The van der Waals surface area contributed by atoms with Crippen molar-refractivity contribution < 1.29 is 9.59 Å². The monoisotopic (exact) mass is 466 g/mol. The summed E-state index contributed by atoms with van der Waals surface area (Å²) in [7, 11) is 0. The standard InChI is InChI=1S/C23H32Cl2N4O2/c1-7-8-11-28(22(31)15(2)3)14-21(30)26-20-13-19(23(4,5)6)27-29(20)16-9-10-17(24)18(25)12-16/h9-10,12-13,15H,7-8,11,14H2,1-6H3,(H,26,30). The van der Waals surface area contributed by atoms with Gasteiger partial charge in [-0.2, -0.15) is 5.10 Å². The van der Waals surface area contributed by atoms with Gasteiger partial charge >= 0.3 is 0 Å². The highest BCUT2D eigenvalue weighted by atomic mass is 35.5. The van der Waals surface area contributed by atoms with Gasteiger partial charge in [0.2, 0.25) is 11.8 Å². The Morgan fingerprint density at radius 3 is 2.39 bits per heavy atom. The molecule has 0 aliphatic heterocycles. The fraction of sp³-hybridized carbons (Fsp3) is 0.522. The Balaban J connectivity index is 2.33. The number of anilines is 1. The van der Waals surface area contributed by atoms with Crippen LogP contribution in [0.2, 0.25) is 10.0 Å². The second-order valence-electron chi connectivity index (χ2n) is 8.99. The number of unbranched alkanes of at least 4 members (excludes halogenated alkanes) is 1. The smallest absolute Gasteiger partial charge is 0.245 e. The lowest BCUT2D eigenvalue weighted by Crippen LogP contribution is -2.40. The highest BCUT2D eigenvalue weighted by Gasteiger charge is 2.24. The molecule has 1 N–H and O–H groups in total. The van der Waals surface area contributed by atoms with Crippen LogP contribution in [-0.2, 0) is 15.0 Å². The summed E-state index contributed by atoms with van der Waals surface area (Å²) >= 11 is 12.3. The van der Waals surface area contributed by atoms with Crippen molar-refractivity contribution in [3.05, 3.63) is 40.0 Å². The normalized spacial score (nSPS) is 11.6. The number of rotatable bonds is 8. The van der Waals surface area contributed by atoms with Crippen LogP contribution in [0, 0.1) is 5.92 Å². The first kappa shape index (κ1) is 25.2. The molecule has 0 radical (unpaired) electrons. The van der Waals surface area contributed by atoms with Crippen molar-refractivity contribution >= 4 is 40.8 Å². The number of benzene rings is 1. The van der Waals surface area contributed by atoms with Crippen molar-refractivity contribution in [3.63, 3.8) is 0 Å². The van der Waals surface area contributed by atoms with Crippen LogP contribution < -0.4 is 5.32 Å². The Bertz CT molecular complexity index is 932. The fourth-order valence-corrected chi connectivity index (χ4v) is 3.28. The first-order chi connectivity index (χ1) is 14.4. The second-order valence-corrected chi connectivity index (χ2v) is 9.81.